The first kappa shape index (κ1) is 39.3. The topological polar surface area (TPSA) is 127 Å². The maximum absolute atomic E-state index is 14.0. The highest BCUT2D eigenvalue weighted by Crippen LogP contribution is 2.37. The highest BCUT2D eigenvalue weighted by molar-refractivity contribution is 5.49. The maximum atomic E-state index is 14.0. The molecule has 1 aromatic heterocycles. The molecule has 0 aliphatic rings. The maximum Gasteiger partial charge on any atom is 0.336 e. The van der Waals surface area contributed by atoms with Crippen molar-refractivity contribution in [2.45, 2.75) is 138 Å². The average Bonchev–Trinajstić information content (AvgIpc) is 3.01. The number of rotatable bonds is 9. The molecule has 3 aromatic carbocycles. The lowest BCUT2D eigenvalue weighted by Gasteiger charge is -2.23. The van der Waals surface area contributed by atoms with Crippen LogP contribution in [0.2, 0.25) is 0 Å². The Hall–Kier alpha value is -4.53. The molecular weight excluding hydrogens is 642 g/mol. The van der Waals surface area contributed by atoms with Crippen LogP contribution >= 0.6 is 0 Å². The molecule has 4 aromatic rings. The summed E-state index contributed by atoms with van der Waals surface area (Å²) in [6.45, 7) is 23.7. The van der Waals surface area contributed by atoms with Crippen molar-refractivity contribution in [3.63, 3.8) is 0 Å². The van der Waals surface area contributed by atoms with Crippen LogP contribution in [0.1, 0.15) is 112 Å². The summed E-state index contributed by atoms with van der Waals surface area (Å²) in [7, 11) is 0. The van der Waals surface area contributed by atoms with Crippen molar-refractivity contribution in [3.05, 3.63) is 118 Å². The number of phenolic OH excluding ortho intramolecular Hbond substituents is 3. The Morgan fingerprint density at radius 3 is 0.843 bits per heavy atom. The van der Waals surface area contributed by atoms with E-state index in [0.29, 0.717) is 36.0 Å². The van der Waals surface area contributed by atoms with Gasteiger partial charge in [-0.2, -0.15) is 0 Å². The van der Waals surface area contributed by atoms with Crippen molar-refractivity contribution in [3.8, 4) is 17.2 Å². The first-order chi connectivity index (χ1) is 23.5. The average molecular weight is 700 g/mol. The van der Waals surface area contributed by atoms with Crippen LogP contribution in [0.25, 0.3) is 0 Å². The molecule has 0 saturated heterocycles. The summed E-state index contributed by atoms with van der Waals surface area (Å²) < 4.78 is 3.32. The molecule has 0 unspecified atom stereocenters. The van der Waals surface area contributed by atoms with Gasteiger partial charge in [0.2, 0.25) is 0 Å². The SMILES string of the molecule is Cc1c(CCn2c(=O)n(CCc3ccc(C(C)(C)C)c(O)c3C)c(=O)n(CCc3ccc(C(C)(C)C)c(O)c3C)c2=O)ccc(C(C)(C)C)c1O. The molecule has 0 saturated carbocycles. The summed E-state index contributed by atoms with van der Waals surface area (Å²) in [4.78, 5) is 41.9. The Labute approximate surface area is 301 Å². The van der Waals surface area contributed by atoms with E-state index in [1.807, 2.05) is 119 Å². The molecule has 0 radical (unpaired) electrons. The Morgan fingerprint density at radius 2 is 0.647 bits per heavy atom. The van der Waals surface area contributed by atoms with E-state index in [9.17, 15) is 29.7 Å². The molecule has 0 amide bonds. The summed E-state index contributed by atoms with van der Waals surface area (Å²) in [6.07, 6.45) is 0.874. The second-order valence-corrected chi connectivity index (χ2v) is 17.0. The quantitative estimate of drug-likeness (QED) is 0.176. The van der Waals surface area contributed by atoms with Gasteiger partial charge in [0.25, 0.3) is 0 Å². The van der Waals surface area contributed by atoms with Crippen molar-refractivity contribution < 1.29 is 15.3 Å². The molecule has 51 heavy (non-hydrogen) atoms. The van der Waals surface area contributed by atoms with Gasteiger partial charge >= 0.3 is 17.1 Å². The molecule has 0 atom stereocenters. The fourth-order valence-electron chi connectivity index (χ4n) is 6.81. The Morgan fingerprint density at radius 1 is 0.431 bits per heavy atom. The minimum atomic E-state index is -0.703. The van der Waals surface area contributed by atoms with Crippen molar-refractivity contribution >= 4 is 0 Å². The molecule has 9 heteroatoms. The van der Waals surface area contributed by atoms with Gasteiger partial charge in [-0.1, -0.05) is 98.7 Å². The van der Waals surface area contributed by atoms with E-state index in [-0.39, 0.29) is 53.1 Å². The van der Waals surface area contributed by atoms with E-state index in [1.54, 1.807) is 0 Å². The number of aromatic nitrogens is 3. The lowest BCUT2D eigenvalue weighted by atomic mass is 9.84. The van der Waals surface area contributed by atoms with Crippen LogP contribution in [-0.4, -0.2) is 29.0 Å². The van der Waals surface area contributed by atoms with Crippen molar-refractivity contribution in [1.29, 1.82) is 0 Å². The summed E-state index contributed by atoms with van der Waals surface area (Å²) >= 11 is 0. The fraction of sp³-hybridized carbons (Fsp3) is 0.500. The lowest BCUT2D eigenvalue weighted by molar-refractivity contribution is 0.433. The lowest BCUT2D eigenvalue weighted by Crippen LogP contribution is -2.55. The van der Waals surface area contributed by atoms with Crippen LogP contribution in [0.15, 0.2) is 50.8 Å². The van der Waals surface area contributed by atoms with Gasteiger partial charge in [-0.15, -0.1) is 0 Å². The van der Waals surface area contributed by atoms with E-state index >= 15 is 0 Å². The molecule has 0 spiro atoms. The molecule has 276 valence electrons. The number of aromatic hydroxyl groups is 3. The van der Waals surface area contributed by atoms with Gasteiger partial charge in [-0.25, -0.2) is 28.1 Å². The van der Waals surface area contributed by atoms with E-state index in [0.717, 1.165) is 47.1 Å². The normalized spacial score (nSPS) is 12.5. The Bertz CT molecular complexity index is 1860. The van der Waals surface area contributed by atoms with E-state index < -0.39 is 17.1 Å². The fourth-order valence-corrected chi connectivity index (χ4v) is 6.81. The number of phenols is 3. The highest BCUT2D eigenvalue weighted by Gasteiger charge is 2.24. The van der Waals surface area contributed by atoms with Crippen LogP contribution in [0.3, 0.4) is 0 Å². The largest absolute Gasteiger partial charge is 0.507 e. The van der Waals surface area contributed by atoms with E-state index in [2.05, 4.69) is 0 Å². The van der Waals surface area contributed by atoms with Crippen molar-refractivity contribution in [1.82, 2.24) is 13.7 Å². The molecule has 0 bridgehead atoms. The van der Waals surface area contributed by atoms with Crippen LogP contribution < -0.4 is 17.1 Å². The number of hydrogen-bond donors (Lipinski definition) is 3. The van der Waals surface area contributed by atoms with Crippen LogP contribution in [0.4, 0.5) is 0 Å². The van der Waals surface area contributed by atoms with Gasteiger partial charge in [-0.05, 0) is 106 Å². The first-order valence-electron chi connectivity index (χ1n) is 17.9. The third-order valence-corrected chi connectivity index (χ3v) is 10.3. The Balaban J connectivity index is 1.77. The summed E-state index contributed by atoms with van der Waals surface area (Å²) in [6, 6.07) is 11.4. The van der Waals surface area contributed by atoms with Gasteiger partial charge in [0, 0.05) is 19.6 Å². The standard InChI is InChI=1S/C42H57N3O6/c1-25-28(13-16-31(34(25)46)40(4,5)6)19-22-43-37(49)44(23-20-29-14-17-32(41(7,8)9)35(47)26(29)2)39(51)45(38(43)50)24-21-30-15-18-33(42(10,11)12)36(48)27(30)3/h13-18,46-48H,19-24H2,1-12H3. The van der Waals surface area contributed by atoms with E-state index in [4.69, 9.17) is 0 Å². The summed E-state index contributed by atoms with van der Waals surface area (Å²) in [5.74, 6) is 0.589. The van der Waals surface area contributed by atoms with Gasteiger partial charge in [0.1, 0.15) is 17.2 Å². The number of nitrogens with zero attached hydrogens (tertiary/aromatic N) is 3. The monoisotopic (exact) mass is 699 g/mol. The summed E-state index contributed by atoms with van der Waals surface area (Å²) in [5.41, 5.74) is 3.98. The molecule has 0 aliphatic carbocycles. The minimum Gasteiger partial charge on any atom is -0.507 e. The zero-order chi connectivity index (χ0) is 38.4. The first-order valence-corrected chi connectivity index (χ1v) is 17.9. The second kappa shape index (κ2) is 14.2. The number of hydrogen-bond acceptors (Lipinski definition) is 6. The zero-order valence-electron chi connectivity index (χ0n) is 32.6. The Kier molecular flexibility index (Phi) is 11.0. The van der Waals surface area contributed by atoms with Crippen molar-refractivity contribution in [2.24, 2.45) is 0 Å². The van der Waals surface area contributed by atoms with Gasteiger partial charge in [0.15, 0.2) is 0 Å². The highest BCUT2D eigenvalue weighted by atomic mass is 16.3. The molecule has 3 N–H and O–H groups in total. The van der Waals surface area contributed by atoms with Crippen LogP contribution in [0, 0.1) is 20.8 Å². The molecule has 1 heterocycles. The molecule has 4 rings (SSSR count). The van der Waals surface area contributed by atoms with Gasteiger partial charge in [-0.3, -0.25) is 0 Å². The predicted molar refractivity (Wildman–Crippen MR) is 205 cm³/mol. The molecular formula is C42H57N3O6. The third-order valence-electron chi connectivity index (χ3n) is 10.3. The van der Waals surface area contributed by atoms with Crippen LogP contribution in [-0.2, 0) is 55.1 Å². The van der Waals surface area contributed by atoms with Gasteiger partial charge < -0.3 is 15.3 Å². The second-order valence-electron chi connectivity index (χ2n) is 17.0. The smallest absolute Gasteiger partial charge is 0.336 e. The number of aryl methyl sites for hydroxylation is 3. The summed E-state index contributed by atoms with van der Waals surface area (Å²) in [5, 5.41) is 33.0. The van der Waals surface area contributed by atoms with E-state index in [1.165, 1.54) is 0 Å². The predicted octanol–water partition coefficient (Wildman–Crippen LogP) is 6.83. The third kappa shape index (κ3) is 8.03. The molecule has 0 aliphatic heterocycles. The van der Waals surface area contributed by atoms with Gasteiger partial charge in [0.05, 0.1) is 0 Å². The zero-order valence-corrected chi connectivity index (χ0v) is 32.6. The van der Waals surface area contributed by atoms with Crippen molar-refractivity contribution in [2.75, 3.05) is 0 Å². The molecule has 0 fully saturated rings. The minimum absolute atomic E-state index is 0.00722. The van der Waals surface area contributed by atoms with Crippen LogP contribution in [0.5, 0.6) is 17.2 Å². The number of benzene rings is 3. The molecule has 9 nitrogen and oxygen atoms in total.